The molecule has 1 atom stereocenters. The summed E-state index contributed by atoms with van der Waals surface area (Å²) in [7, 11) is 0. The van der Waals surface area contributed by atoms with E-state index in [1.54, 1.807) is 18.2 Å². The van der Waals surface area contributed by atoms with E-state index in [0.717, 1.165) is 32.4 Å². The monoisotopic (exact) mass is 292 g/mol. The standard InChI is InChI=1S/C15H17ClN2O2/c16-13-7-11(9-17)1-2-14(13)20-12-8-15(19-10-12)3-5-18-6-4-15/h1-2,7,12,18H,3-6,8,10H2. The molecular weight excluding hydrogens is 276 g/mol. The van der Waals surface area contributed by atoms with E-state index in [0.29, 0.717) is 22.9 Å². The molecule has 4 nitrogen and oxygen atoms in total. The zero-order chi connectivity index (χ0) is 14.0. The zero-order valence-corrected chi connectivity index (χ0v) is 11.9. The normalized spacial score (nSPS) is 24.5. The predicted molar refractivity (Wildman–Crippen MR) is 76.0 cm³/mol. The molecule has 0 aliphatic carbocycles. The molecule has 2 heterocycles. The van der Waals surface area contributed by atoms with Crippen molar-refractivity contribution >= 4 is 11.6 Å². The van der Waals surface area contributed by atoms with Gasteiger partial charge in [-0.1, -0.05) is 11.6 Å². The van der Waals surface area contributed by atoms with Crippen molar-refractivity contribution in [2.24, 2.45) is 0 Å². The van der Waals surface area contributed by atoms with Crippen LogP contribution < -0.4 is 10.1 Å². The van der Waals surface area contributed by atoms with E-state index in [2.05, 4.69) is 11.4 Å². The van der Waals surface area contributed by atoms with Gasteiger partial charge in [-0.3, -0.25) is 0 Å². The number of nitrogens with one attached hydrogen (secondary N) is 1. The van der Waals surface area contributed by atoms with Crippen molar-refractivity contribution in [2.75, 3.05) is 19.7 Å². The lowest BCUT2D eigenvalue weighted by molar-refractivity contribution is -0.0205. The highest BCUT2D eigenvalue weighted by Gasteiger charge is 2.42. The summed E-state index contributed by atoms with van der Waals surface area (Å²) < 4.78 is 11.9. The number of benzene rings is 1. The average molecular weight is 293 g/mol. The molecule has 2 saturated heterocycles. The molecule has 0 amide bonds. The highest BCUT2D eigenvalue weighted by Crippen LogP contribution is 2.36. The van der Waals surface area contributed by atoms with Gasteiger partial charge in [0.05, 0.1) is 28.9 Å². The molecule has 0 aromatic heterocycles. The minimum absolute atomic E-state index is 0.0189. The van der Waals surface area contributed by atoms with Crippen LogP contribution in [0, 0.1) is 11.3 Å². The van der Waals surface area contributed by atoms with Gasteiger partial charge < -0.3 is 14.8 Å². The van der Waals surface area contributed by atoms with Crippen LogP contribution in [-0.2, 0) is 4.74 Å². The number of hydrogen-bond donors (Lipinski definition) is 1. The van der Waals surface area contributed by atoms with Crippen LogP contribution in [0.1, 0.15) is 24.8 Å². The predicted octanol–water partition coefficient (Wildman–Crippen LogP) is 2.50. The van der Waals surface area contributed by atoms with Gasteiger partial charge in [0.15, 0.2) is 0 Å². The molecule has 1 aromatic carbocycles. The number of rotatable bonds is 2. The van der Waals surface area contributed by atoms with Gasteiger partial charge in [0, 0.05) is 6.42 Å². The van der Waals surface area contributed by atoms with E-state index in [1.165, 1.54) is 0 Å². The van der Waals surface area contributed by atoms with Crippen LogP contribution in [0.5, 0.6) is 5.75 Å². The second-order valence-corrected chi connectivity index (χ2v) is 5.85. The highest BCUT2D eigenvalue weighted by atomic mass is 35.5. The van der Waals surface area contributed by atoms with Gasteiger partial charge in [0.25, 0.3) is 0 Å². The van der Waals surface area contributed by atoms with Crippen LogP contribution in [-0.4, -0.2) is 31.4 Å². The Labute approximate surface area is 123 Å². The summed E-state index contributed by atoms with van der Waals surface area (Å²) in [6, 6.07) is 7.17. The van der Waals surface area contributed by atoms with E-state index in [9.17, 15) is 0 Å². The molecule has 1 unspecified atom stereocenters. The van der Waals surface area contributed by atoms with Crippen molar-refractivity contribution in [1.29, 1.82) is 5.26 Å². The molecule has 1 aromatic rings. The third kappa shape index (κ3) is 2.76. The van der Waals surface area contributed by atoms with Crippen molar-refractivity contribution in [2.45, 2.75) is 31.0 Å². The van der Waals surface area contributed by atoms with Gasteiger partial charge in [0.2, 0.25) is 0 Å². The van der Waals surface area contributed by atoms with Gasteiger partial charge in [-0.2, -0.15) is 5.26 Å². The van der Waals surface area contributed by atoms with Crippen molar-refractivity contribution in [3.63, 3.8) is 0 Å². The molecule has 5 heteroatoms. The largest absolute Gasteiger partial charge is 0.486 e. The maximum atomic E-state index is 8.83. The number of nitrogens with zero attached hydrogens (tertiary/aromatic N) is 1. The van der Waals surface area contributed by atoms with Crippen LogP contribution in [0.15, 0.2) is 18.2 Å². The maximum Gasteiger partial charge on any atom is 0.138 e. The Kier molecular flexibility index (Phi) is 3.84. The Morgan fingerprint density at radius 1 is 1.40 bits per heavy atom. The molecule has 106 valence electrons. The number of halogens is 1. The molecule has 2 fully saturated rings. The van der Waals surface area contributed by atoms with E-state index >= 15 is 0 Å². The van der Waals surface area contributed by atoms with Gasteiger partial charge in [0.1, 0.15) is 11.9 Å². The number of ether oxygens (including phenoxy) is 2. The van der Waals surface area contributed by atoms with Crippen LogP contribution in [0.3, 0.4) is 0 Å². The first-order valence-electron chi connectivity index (χ1n) is 6.92. The molecule has 2 aliphatic heterocycles. The lowest BCUT2D eigenvalue weighted by atomic mass is 9.89. The summed E-state index contributed by atoms with van der Waals surface area (Å²) >= 11 is 6.14. The fraction of sp³-hybridized carbons (Fsp3) is 0.533. The second kappa shape index (κ2) is 5.61. The van der Waals surface area contributed by atoms with Crippen molar-refractivity contribution in [3.05, 3.63) is 28.8 Å². The van der Waals surface area contributed by atoms with E-state index in [1.807, 2.05) is 0 Å². The zero-order valence-electron chi connectivity index (χ0n) is 11.2. The Bertz CT molecular complexity index is 535. The van der Waals surface area contributed by atoms with Gasteiger partial charge in [-0.05, 0) is 44.1 Å². The average Bonchev–Trinajstić information content (AvgIpc) is 2.84. The summed E-state index contributed by atoms with van der Waals surface area (Å²) in [5.74, 6) is 0.630. The molecule has 0 radical (unpaired) electrons. The van der Waals surface area contributed by atoms with Crippen molar-refractivity contribution in [3.8, 4) is 11.8 Å². The van der Waals surface area contributed by atoms with Crippen LogP contribution >= 0.6 is 11.6 Å². The second-order valence-electron chi connectivity index (χ2n) is 5.45. The molecule has 2 aliphatic rings. The fourth-order valence-electron chi connectivity index (χ4n) is 2.95. The molecule has 20 heavy (non-hydrogen) atoms. The summed E-state index contributed by atoms with van der Waals surface area (Å²) in [4.78, 5) is 0. The Morgan fingerprint density at radius 3 is 2.90 bits per heavy atom. The Balaban J connectivity index is 1.66. The van der Waals surface area contributed by atoms with E-state index in [4.69, 9.17) is 26.3 Å². The van der Waals surface area contributed by atoms with Crippen molar-refractivity contribution < 1.29 is 9.47 Å². The van der Waals surface area contributed by atoms with Crippen LogP contribution in [0.25, 0.3) is 0 Å². The van der Waals surface area contributed by atoms with E-state index < -0.39 is 0 Å². The minimum atomic E-state index is -0.0189. The summed E-state index contributed by atoms with van der Waals surface area (Å²) in [5.41, 5.74) is 0.523. The highest BCUT2D eigenvalue weighted by molar-refractivity contribution is 6.32. The number of hydrogen-bond acceptors (Lipinski definition) is 4. The topological polar surface area (TPSA) is 54.3 Å². The van der Waals surface area contributed by atoms with E-state index in [-0.39, 0.29) is 11.7 Å². The Hall–Kier alpha value is -1.28. The lowest BCUT2D eigenvalue weighted by Crippen LogP contribution is -2.41. The first kappa shape index (κ1) is 13.7. The van der Waals surface area contributed by atoms with Crippen LogP contribution in [0.2, 0.25) is 5.02 Å². The molecule has 0 bridgehead atoms. The van der Waals surface area contributed by atoms with Gasteiger partial charge >= 0.3 is 0 Å². The quantitative estimate of drug-likeness (QED) is 0.910. The van der Waals surface area contributed by atoms with Gasteiger partial charge in [-0.25, -0.2) is 0 Å². The third-order valence-electron chi connectivity index (χ3n) is 4.04. The molecule has 1 spiro atoms. The Morgan fingerprint density at radius 2 is 2.20 bits per heavy atom. The van der Waals surface area contributed by atoms with Gasteiger partial charge in [-0.15, -0.1) is 0 Å². The number of nitriles is 1. The maximum absolute atomic E-state index is 8.83. The first-order valence-corrected chi connectivity index (χ1v) is 7.30. The molecule has 0 saturated carbocycles. The van der Waals surface area contributed by atoms with Crippen molar-refractivity contribution in [1.82, 2.24) is 5.32 Å². The number of piperidine rings is 1. The summed E-state index contributed by atoms with van der Waals surface area (Å²) in [6.07, 6.45) is 3.02. The first-order chi connectivity index (χ1) is 9.71. The third-order valence-corrected chi connectivity index (χ3v) is 4.34. The summed E-state index contributed by atoms with van der Waals surface area (Å²) in [6.45, 7) is 2.62. The smallest absolute Gasteiger partial charge is 0.138 e. The molecule has 1 N–H and O–H groups in total. The SMILES string of the molecule is N#Cc1ccc(OC2COC3(CCNCC3)C2)c(Cl)c1. The van der Waals surface area contributed by atoms with Crippen LogP contribution in [0.4, 0.5) is 0 Å². The fourth-order valence-corrected chi connectivity index (χ4v) is 3.18. The summed E-state index contributed by atoms with van der Waals surface area (Å²) in [5, 5.41) is 12.7. The minimum Gasteiger partial charge on any atom is -0.486 e. The molecular formula is C15H17ClN2O2. The molecule has 3 rings (SSSR count). The lowest BCUT2D eigenvalue weighted by Gasteiger charge is -2.32.